The highest BCUT2D eigenvalue weighted by molar-refractivity contribution is 6.08. The predicted octanol–water partition coefficient (Wildman–Crippen LogP) is 5.34. The van der Waals surface area contributed by atoms with Gasteiger partial charge in [0.15, 0.2) is 0 Å². The molecule has 120 valence electrons. The second-order valence-corrected chi connectivity index (χ2v) is 6.04. The van der Waals surface area contributed by atoms with E-state index in [4.69, 9.17) is 4.98 Å². The molecule has 0 atom stereocenters. The molecule has 2 aromatic carbocycles. The summed E-state index contributed by atoms with van der Waals surface area (Å²) in [4.78, 5) is 4.83. The lowest BCUT2D eigenvalue weighted by molar-refractivity contribution is 0.980. The third kappa shape index (κ3) is 3.24. The molecule has 3 rings (SSSR count). The van der Waals surface area contributed by atoms with E-state index in [0.29, 0.717) is 0 Å². The molecular formula is C20H25N3. The SMILES string of the molecule is CCCNc1ccc2c(c1)nc(C)c1cc(NCCC)ccc12. The summed E-state index contributed by atoms with van der Waals surface area (Å²) < 4.78 is 0. The molecule has 2 N–H and O–H groups in total. The Morgan fingerprint density at radius 2 is 1.39 bits per heavy atom. The maximum atomic E-state index is 4.83. The van der Waals surface area contributed by atoms with Crippen molar-refractivity contribution in [3.8, 4) is 0 Å². The summed E-state index contributed by atoms with van der Waals surface area (Å²) in [7, 11) is 0. The standard InChI is InChI=1S/C20H25N3/c1-4-10-21-15-6-8-17-18-9-7-16(22-11-5-2)13-20(18)23-14(3)19(17)12-15/h6-9,12-13,21-22H,4-5,10-11H2,1-3H3. The van der Waals surface area contributed by atoms with Crippen LogP contribution in [0.4, 0.5) is 11.4 Å². The van der Waals surface area contributed by atoms with Crippen molar-refractivity contribution in [2.75, 3.05) is 23.7 Å². The average Bonchev–Trinajstić information content (AvgIpc) is 2.58. The number of hydrogen-bond acceptors (Lipinski definition) is 3. The van der Waals surface area contributed by atoms with Gasteiger partial charge in [0.2, 0.25) is 0 Å². The van der Waals surface area contributed by atoms with Crippen molar-refractivity contribution in [2.24, 2.45) is 0 Å². The van der Waals surface area contributed by atoms with Crippen LogP contribution >= 0.6 is 0 Å². The molecule has 3 nitrogen and oxygen atoms in total. The molecule has 3 aromatic rings. The van der Waals surface area contributed by atoms with Gasteiger partial charge in [0.1, 0.15) is 0 Å². The van der Waals surface area contributed by atoms with Gasteiger partial charge in [-0.15, -0.1) is 0 Å². The Morgan fingerprint density at radius 1 is 0.783 bits per heavy atom. The summed E-state index contributed by atoms with van der Waals surface area (Å²) in [5.74, 6) is 0. The van der Waals surface area contributed by atoms with E-state index in [0.717, 1.165) is 42.8 Å². The number of fused-ring (bicyclic) bond motifs is 3. The highest BCUT2D eigenvalue weighted by Crippen LogP contribution is 2.30. The molecule has 0 saturated heterocycles. The van der Waals surface area contributed by atoms with Crippen molar-refractivity contribution >= 4 is 33.1 Å². The quantitative estimate of drug-likeness (QED) is 0.603. The molecule has 3 heteroatoms. The maximum Gasteiger partial charge on any atom is 0.0732 e. The highest BCUT2D eigenvalue weighted by Gasteiger charge is 2.07. The Balaban J connectivity index is 2.07. The lowest BCUT2D eigenvalue weighted by Gasteiger charge is -2.12. The van der Waals surface area contributed by atoms with E-state index in [1.807, 2.05) is 0 Å². The summed E-state index contributed by atoms with van der Waals surface area (Å²) in [6, 6.07) is 13.1. The summed E-state index contributed by atoms with van der Waals surface area (Å²) in [6.07, 6.45) is 2.25. The number of hydrogen-bond donors (Lipinski definition) is 2. The van der Waals surface area contributed by atoms with Crippen LogP contribution in [-0.2, 0) is 0 Å². The van der Waals surface area contributed by atoms with Crippen molar-refractivity contribution < 1.29 is 0 Å². The van der Waals surface area contributed by atoms with E-state index in [2.05, 4.69) is 67.8 Å². The monoisotopic (exact) mass is 307 g/mol. The molecule has 0 radical (unpaired) electrons. The van der Waals surface area contributed by atoms with Crippen LogP contribution in [0.1, 0.15) is 32.4 Å². The van der Waals surface area contributed by atoms with Gasteiger partial charge in [-0.1, -0.05) is 26.0 Å². The van der Waals surface area contributed by atoms with Crippen molar-refractivity contribution in [2.45, 2.75) is 33.6 Å². The molecule has 0 amide bonds. The molecule has 1 heterocycles. The Morgan fingerprint density at radius 3 is 2.04 bits per heavy atom. The van der Waals surface area contributed by atoms with Crippen molar-refractivity contribution in [1.82, 2.24) is 4.98 Å². The van der Waals surface area contributed by atoms with Crippen LogP contribution in [0, 0.1) is 6.92 Å². The first-order chi connectivity index (χ1) is 11.2. The molecule has 0 aliphatic carbocycles. The molecule has 0 fully saturated rings. The number of pyridine rings is 1. The van der Waals surface area contributed by atoms with E-state index in [-0.39, 0.29) is 0 Å². The highest BCUT2D eigenvalue weighted by atomic mass is 14.9. The van der Waals surface area contributed by atoms with Crippen molar-refractivity contribution in [3.05, 3.63) is 42.1 Å². The van der Waals surface area contributed by atoms with Crippen LogP contribution in [0.5, 0.6) is 0 Å². The van der Waals surface area contributed by atoms with E-state index < -0.39 is 0 Å². The van der Waals surface area contributed by atoms with Crippen LogP contribution in [0.3, 0.4) is 0 Å². The lowest BCUT2D eigenvalue weighted by Crippen LogP contribution is -2.00. The Hall–Kier alpha value is -2.29. The Bertz CT molecular complexity index is 824. The minimum atomic E-state index is 0.991. The lowest BCUT2D eigenvalue weighted by atomic mass is 10.0. The van der Waals surface area contributed by atoms with Gasteiger partial charge in [-0.2, -0.15) is 0 Å². The topological polar surface area (TPSA) is 37.0 Å². The summed E-state index contributed by atoms with van der Waals surface area (Å²) >= 11 is 0. The minimum Gasteiger partial charge on any atom is -0.385 e. The van der Waals surface area contributed by atoms with E-state index in [1.165, 1.54) is 21.8 Å². The summed E-state index contributed by atoms with van der Waals surface area (Å²) in [5, 5.41) is 10.6. The number of anilines is 2. The largest absolute Gasteiger partial charge is 0.385 e. The molecule has 0 bridgehead atoms. The second kappa shape index (κ2) is 6.86. The minimum absolute atomic E-state index is 0.991. The smallest absolute Gasteiger partial charge is 0.0732 e. The van der Waals surface area contributed by atoms with Gasteiger partial charge in [-0.05, 0) is 49.4 Å². The number of benzene rings is 2. The number of aromatic nitrogens is 1. The van der Waals surface area contributed by atoms with Gasteiger partial charge in [-0.25, -0.2) is 0 Å². The summed E-state index contributed by atoms with van der Waals surface area (Å²) in [6.45, 7) is 8.44. The van der Waals surface area contributed by atoms with Gasteiger partial charge >= 0.3 is 0 Å². The first-order valence-corrected chi connectivity index (χ1v) is 8.54. The van der Waals surface area contributed by atoms with Crippen LogP contribution < -0.4 is 10.6 Å². The number of aryl methyl sites for hydroxylation is 1. The van der Waals surface area contributed by atoms with Crippen LogP contribution in [-0.4, -0.2) is 18.1 Å². The molecule has 0 unspecified atom stereocenters. The fourth-order valence-corrected chi connectivity index (χ4v) is 2.93. The number of nitrogens with one attached hydrogen (secondary N) is 2. The molecular weight excluding hydrogens is 282 g/mol. The summed E-state index contributed by atoms with van der Waals surface area (Å²) in [5.41, 5.74) is 4.46. The zero-order chi connectivity index (χ0) is 16.2. The molecule has 23 heavy (non-hydrogen) atoms. The molecule has 0 aliphatic rings. The zero-order valence-corrected chi connectivity index (χ0v) is 14.2. The first-order valence-electron chi connectivity index (χ1n) is 8.54. The number of rotatable bonds is 6. The van der Waals surface area contributed by atoms with Crippen LogP contribution in [0.25, 0.3) is 21.7 Å². The van der Waals surface area contributed by atoms with Gasteiger partial charge in [0.05, 0.1) is 5.52 Å². The fraction of sp³-hybridized carbons (Fsp3) is 0.350. The van der Waals surface area contributed by atoms with Crippen molar-refractivity contribution in [3.63, 3.8) is 0 Å². The maximum absolute atomic E-state index is 4.83. The molecule has 0 spiro atoms. The predicted molar refractivity (Wildman–Crippen MR) is 102 cm³/mol. The normalized spacial score (nSPS) is 11.1. The first kappa shape index (κ1) is 15.6. The van der Waals surface area contributed by atoms with Gasteiger partial charge in [-0.3, -0.25) is 4.98 Å². The van der Waals surface area contributed by atoms with Gasteiger partial charge < -0.3 is 10.6 Å². The average molecular weight is 307 g/mol. The van der Waals surface area contributed by atoms with E-state index >= 15 is 0 Å². The molecule has 1 aromatic heterocycles. The van der Waals surface area contributed by atoms with Crippen molar-refractivity contribution in [1.29, 1.82) is 0 Å². The Kier molecular flexibility index (Phi) is 4.65. The zero-order valence-electron chi connectivity index (χ0n) is 14.2. The van der Waals surface area contributed by atoms with E-state index in [9.17, 15) is 0 Å². The third-order valence-corrected chi connectivity index (χ3v) is 4.14. The fourth-order valence-electron chi connectivity index (χ4n) is 2.93. The van der Waals surface area contributed by atoms with Gasteiger partial charge in [0.25, 0.3) is 0 Å². The van der Waals surface area contributed by atoms with E-state index in [1.54, 1.807) is 0 Å². The molecule has 0 saturated carbocycles. The van der Waals surface area contributed by atoms with Gasteiger partial charge in [0, 0.05) is 40.9 Å². The Labute approximate surface area is 138 Å². The number of nitrogens with zero attached hydrogens (tertiary/aromatic N) is 1. The van der Waals surface area contributed by atoms with Crippen LogP contribution in [0.2, 0.25) is 0 Å². The third-order valence-electron chi connectivity index (χ3n) is 4.14. The molecule has 0 aliphatic heterocycles. The second-order valence-electron chi connectivity index (χ2n) is 6.04. The van der Waals surface area contributed by atoms with Crippen LogP contribution in [0.15, 0.2) is 36.4 Å².